The van der Waals surface area contributed by atoms with Crippen LogP contribution in [0.5, 0.6) is 0 Å². The third kappa shape index (κ3) is 6.10. The fraction of sp³-hybridized carbons (Fsp3) is 0.611. The molecule has 2 rings (SSSR count). The maximum absolute atomic E-state index is 11.7. The lowest BCUT2D eigenvalue weighted by Gasteiger charge is -2.33. The van der Waals surface area contributed by atoms with Crippen LogP contribution >= 0.6 is 0 Å². The highest BCUT2D eigenvalue weighted by Crippen LogP contribution is 2.23. The van der Waals surface area contributed by atoms with Crippen molar-refractivity contribution in [3.8, 4) is 0 Å². The number of amides is 1. The molecule has 1 aliphatic heterocycles. The SMILES string of the molecule is CC1CC(Nc2ccc(NC(=O)OC(C)(C)C)cc2)CC(C)O1. The molecule has 0 radical (unpaired) electrons. The van der Waals surface area contributed by atoms with Crippen LogP contribution in [0.15, 0.2) is 24.3 Å². The van der Waals surface area contributed by atoms with Crippen LogP contribution in [-0.2, 0) is 9.47 Å². The van der Waals surface area contributed by atoms with Crippen molar-refractivity contribution in [1.82, 2.24) is 0 Å². The van der Waals surface area contributed by atoms with Crippen LogP contribution in [0.1, 0.15) is 47.5 Å². The van der Waals surface area contributed by atoms with Crippen LogP contribution in [0.3, 0.4) is 0 Å². The Kier molecular flexibility index (Phi) is 5.52. The van der Waals surface area contributed by atoms with Gasteiger partial charge >= 0.3 is 6.09 Å². The van der Waals surface area contributed by atoms with Crippen LogP contribution in [0.4, 0.5) is 16.2 Å². The normalized spacial score (nSPS) is 24.8. The standard InChI is InChI=1S/C18H28N2O3/c1-12-10-16(11-13(2)22-12)19-14-6-8-15(9-7-14)20-17(21)23-18(3,4)5/h6-9,12-13,16,19H,10-11H2,1-5H3,(H,20,21). The Balaban J connectivity index is 1.88. The van der Waals surface area contributed by atoms with Gasteiger partial charge < -0.3 is 14.8 Å². The van der Waals surface area contributed by atoms with E-state index in [4.69, 9.17) is 9.47 Å². The first-order chi connectivity index (χ1) is 10.7. The molecule has 5 heteroatoms. The van der Waals surface area contributed by atoms with Gasteiger partial charge in [0.2, 0.25) is 0 Å². The van der Waals surface area contributed by atoms with E-state index < -0.39 is 11.7 Å². The summed E-state index contributed by atoms with van der Waals surface area (Å²) < 4.78 is 11.0. The summed E-state index contributed by atoms with van der Waals surface area (Å²) in [5.74, 6) is 0. The third-order valence-electron chi connectivity index (χ3n) is 3.60. The smallest absolute Gasteiger partial charge is 0.412 e. The summed E-state index contributed by atoms with van der Waals surface area (Å²) in [7, 11) is 0. The molecule has 1 amide bonds. The van der Waals surface area contributed by atoms with Gasteiger partial charge in [-0.25, -0.2) is 4.79 Å². The summed E-state index contributed by atoms with van der Waals surface area (Å²) in [6.07, 6.45) is 2.13. The second-order valence-corrected chi connectivity index (χ2v) is 7.27. The topological polar surface area (TPSA) is 59.6 Å². The molecule has 0 aromatic heterocycles. The summed E-state index contributed by atoms with van der Waals surface area (Å²) in [6.45, 7) is 9.75. The van der Waals surface area contributed by atoms with Crippen molar-refractivity contribution < 1.29 is 14.3 Å². The molecule has 2 unspecified atom stereocenters. The fourth-order valence-corrected chi connectivity index (χ4v) is 2.83. The molecule has 1 aromatic rings. The van der Waals surface area contributed by atoms with E-state index in [1.807, 2.05) is 45.0 Å². The molecule has 0 saturated carbocycles. The van der Waals surface area contributed by atoms with E-state index >= 15 is 0 Å². The summed E-state index contributed by atoms with van der Waals surface area (Å²) in [5, 5.41) is 6.27. The summed E-state index contributed by atoms with van der Waals surface area (Å²) in [4.78, 5) is 11.7. The molecule has 5 nitrogen and oxygen atoms in total. The van der Waals surface area contributed by atoms with Gasteiger partial charge in [0.15, 0.2) is 0 Å². The molecule has 0 spiro atoms. The van der Waals surface area contributed by atoms with Gasteiger partial charge in [-0.05, 0) is 71.7 Å². The predicted octanol–water partition coefficient (Wildman–Crippen LogP) is 4.40. The van der Waals surface area contributed by atoms with Crippen molar-refractivity contribution >= 4 is 17.5 Å². The Labute approximate surface area is 138 Å². The van der Waals surface area contributed by atoms with E-state index in [9.17, 15) is 4.79 Å². The zero-order valence-corrected chi connectivity index (χ0v) is 14.7. The zero-order chi connectivity index (χ0) is 17.0. The molecule has 1 aliphatic rings. The first-order valence-corrected chi connectivity index (χ1v) is 8.23. The van der Waals surface area contributed by atoms with Crippen LogP contribution in [0.2, 0.25) is 0 Å². The first kappa shape index (κ1) is 17.6. The van der Waals surface area contributed by atoms with Gasteiger partial charge in [0.1, 0.15) is 5.60 Å². The minimum absolute atomic E-state index is 0.282. The van der Waals surface area contributed by atoms with E-state index in [1.165, 1.54) is 0 Å². The highest BCUT2D eigenvalue weighted by atomic mass is 16.6. The van der Waals surface area contributed by atoms with Gasteiger partial charge in [0, 0.05) is 17.4 Å². The molecule has 1 fully saturated rings. The zero-order valence-electron chi connectivity index (χ0n) is 14.7. The quantitative estimate of drug-likeness (QED) is 0.866. The summed E-state index contributed by atoms with van der Waals surface area (Å²) >= 11 is 0. The maximum Gasteiger partial charge on any atom is 0.412 e. The second-order valence-electron chi connectivity index (χ2n) is 7.27. The minimum Gasteiger partial charge on any atom is -0.444 e. The Morgan fingerprint density at radius 3 is 2.13 bits per heavy atom. The van der Waals surface area contributed by atoms with Crippen molar-refractivity contribution in [2.45, 2.75) is 71.3 Å². The number of anilines is 2. The highest BCUT2D eigenvalue weighted by molar-refractivity contribution is 5.85. The summed E-state index contributed by atoms with van der Waals surface area (Å²) in [6, 6.07) is 8.10. The van der Waals surface area contributed by atoms with Crippen molar-refractivity contribution in [3.05, 3.63) is 24.3 Å². The molecule has 2 N–H and O–H groups in total. The number of ether oxygens (including phenoxy) is 2. The van der Waals surface area contributed by atoms with E-state index in [0.29, 0.717) is 6.04 Å². The van der Waals surface area contributed by atoms with Gasteiger partial charge in [0.25, 0.3) is 0 Å². The number of carbonyl (C=O) groups excluding carboxylic acids is 1. The number of hydrogen-bond acceptors (Lipinski definition) is 4. The number of benzene rings is 1. The molecular weight excluding hydrogens is 292 g/mol. The molecule has 23 heavy (non-hydrogen) atoms. The molecule has 0 aliphatic carbocycles. The van der Waals surface area contributed by atoms with Crippen molar-refractivity contribution in [2.75, 3.05) is 10.6 Å². The molecule has 128 valence electrons. The number of nitrogens with one attached hydrogen (secondary N) is 2. The van der Waals surface area contributed by atoms with E-state index in [0.717, 1.165) is 24.2 Å². The molecule has 1 aromatic carbocycles. The first-order valence-electron chi connectivity index (χ1n) is 8.23. The van der Waals surface area contributed by atoms with E-state index in [-0.39, 0.29) is 12.2 Å². The number of rotatable bonds is 3. The predicted molar refractivity (Wildman–Crippen MR) is 93.0 cm³/mol. The average Bonchev–Trinajstić information content (AvgIpc) is 2.37. The van der Waals surface area contributed by atoms with Crippen molar-refractivity contribution in [3.63, 3.8) is 0 Å². The van der Waals surface area contributed by atoms with Crippen LogP contribution in [0, 0.1) is 0 Å². The van der Waals surface area contributed by atoms with Crippen LogP contribution in [0.25, 0.3) is 0 Å². The van der Waals surface area contributed by atoms with Crippen LogP contribution in [-0.4, -0.2) is 29.9 Å². The van der Waals surface area contributed by atoms with E-state index in [1.54, 1.807) is 0 Å². The molecule has 1 saturated heterocycles. The Morgan fingerprint density at radius 1 is 1.09 bits per heavy atom. The monoisotopic (exact) mass is 320 g/mol. The number of carbonyl (C=O) groups is 1. The van der Waals surface area contributed by atoms with Gasteiger partial charge in [-0.15, -0.1) is 0 Å². The molecule has 1 heterocycles. The number of hydrogen-bond donors (Lipinski definition) is 2. The lowest BCUT2D eigenvalue weighted by Crippen LogP contribution is -2.36. The minimum atomic E-state index is -0.498. The Bertz CT molecular complexity index is 512. The second kappa shape index (κ2) is 7.21. The lowest BCUT2D eigenvalue weighted by molar-refractivity contribution is -0.0337. The highest BCUT2D eigenvalue weighted by Gasteiger charge is 2.24. The molecule has 0 bridgehead atoms. The fourth-order valence-electron chi connectivity index (χ4n) is 2.83. The van der Waals surface area contributed by atoms with E-state index in [2.05, 4.69) is 24.5 Å². The summed E-state index contributed by atoms with van der Waals surface area (Å²) in [5.41, 5.74) is 1.27. The lowest BCUT2D eigenvalue weighted by atomic mass is 9.99. The van der Waals surface area contributed by atoms with Gasteiger partial charge in [-0.3, -0.25) is 5.32 Å². The van der Waals surface area contributed by atoms with Gasteiger partial charge in [-0.1, -0.05) is 0 Å². The third-order valence-corrected chi connectivity index (χ3v) is 3.60. The molecular formula is C18H28N2O3. The largest absolute Gasteiger partial charge is 0.444 e. The van der Waals surface area contributed by atoms with Crippen molar-refractivity contribution in [1.29, 1.82) is 0 Å². The Morgan fingerprint density at radius 2 is 1.61 bits per heavy atom. The van der Waals surface area contributed by atoms with Gasteiger partial charge in [0.05, 0.1) is 12.2 Å². The van der Waals surface area contributed by atoms with Crippen molar-refractivity contribution in [2.24, 2.45) is 0 Å². The van der Waals surface area contributed by atoms with Crippen LogP contribution < -0.4 is 10.6 Å². The maximum atomic E-state index is 11.7. The Hall–Kier alpha value is -1.75. The average molecular weight is 320 g/mol. The van der Waals surface area contributed by atoms with Gasteiger partial charge in [-0.2, -0.15) is 0 Å². The molecule has 2 atom stereocenters.